The highest BCUT2D eigenvalue weighted by Gasteiger charge is 2.34. The predicted molar refractivity (Wildman–Crippen MR) is 126 cm³/mol. The Bertz CT molecular complexity index is 727. The number of rotatable bonds is 7. The quantitative estimate of drug-likeness (QED) is 0.303. The average Bonchev–Trinajstić information content (AvgIpc) is 3.36. The molecule has 1 saturated heterocycles. The maximum atomic E-state index is 12.6. The summed E-state index contributed by atoms with van der Waals surface area (Å²) < 4.78 is 49.3. The van der Waals surface area contributed by atoms with E-state index in [9.17, 15) is 13.2 Å². The van der Waals surface area contributed by atoms with Gasteiger partial charge in [-0.15, -0.1) is 24.0 Å². The Morgan fingerprint density at radius 3 is 2.58 bits per heavy atom. The number of alkyl halides is 3. The van der Waals surface area contributed by atoms with Gasteiger partial charge in [-0.1, -0.05) is 6.07 Å². The second kappa shape index (κ2) is 12.0. The minimum absolute atomic E-state index is 0. The van der Waals surface area contributed by atoms with E-state index in [4.69, 9.17) is 9.47 Å². The molecule has 3 rings (SSSR count). The van der Waals surface area contributed by atoms with E-state index in [0.717, 1.165) is 24.2 Å². The van der Waals surface area contributed by atoms with Crippen LogP contribution in [0.3, 0.4) is 0 Å². The SMILES string of the molecule is CN=C(NCc1ccc(OC)c(OC2CCCC2)c1)NC1CCN(CC(F)(F)F)C1.I. The van der Waals surface area contributed by atoms with Crippen LogP contribution in [0.25, 0.3) is 0 Å². The number of hydrogen-bond donors (Lipinski definition) is 2. The summed E-state index contributed by atoms with van der Waals surface area (Å²) in [6, 6.07) is 5.76. The lowest BCUT2D eigenvalue weighted by molar-refractivity contribution is -0.143. The van der Waals surface area contributed by atoms with Crippen LogP contribution in [0, 0.1) is 0 Å². The molecule has 1 aliphatic carbocycles. The second-order valence-electron chi connectivity index (χ2n) is 7.92. The zero-order chi connectivity index (χ0) is 21.6. The summed E-state index contributed by atoms with van der Waals surface area (Å²) in [5.41, 5.74) is 1.01. The van der Waals surface area contributed by atoms with Crippen molar-refractivity contribution in [1.29, 1.82) is 0 Å². The molecule has 2 aliphatic rings. The van der Waals surface area contributed by atoms with Crippen LogP contribution in [0.4, 0.5) is 13.2 Å². The lowest BCUT2D eigenvalue weighted by atomic mass is 10.2. The largest absolute Gasteiger partial charge is 0.493 e. The number of aliphatic imine (C=N–C) groups is 1. The van der Waals surface area contributed by atoms with Crippen LogP contribution >= 0.6 is 24.0 Å². The molecule has 176 valence electrons. The maximum Gasteiger partial charge on any atom is 0.401 e. The van der Waals surface area contributed by atoms with Crippen LogP contribution in [0.2, 0.25) is 0 Å². The van der Waals surface area contributed by atoms with Crippen molar-refractivity contribution in [3.63, 3.8) is 0 Å². The van der Waals surface area contributed by atoms with Crippen LogP contribution < -0.4 is 20.1 Å². The summed E-state index contributed by atoms with van der Waals surface area (Å²) >= 11 is 0. The molecule has 1 atom stereocenters. The molecule has 0 bridgehead atoms. The molecule has 0 aromatic heterocycles. The zero-order valence-corrected chi connectivity index (χ0v) is 20.3. The number of likely N-dealkylation sites (tertiary alicyclic amines) is 1. The highest BCUT2D eigenvalue weighted by Crippen LogP contribution is 2.32. The Morgan fingerprint density at radius 2 is 1.94 bits per heavy atom. The number of hydrogen-bond acceptors (Lipinski definition) is 4. The summed E-state index contributed by atoms with van der Waals surface area (Å²) in [6.07, 6.45) is 1.23. The third-order valence-electron chi connectivity index (χ3n) is 5.52. The van der Waals surface area contributed by atoms with Crippen molar-refractivity contribution < 1.29 is 22.6 Å². The van der Waals surface area contributed by atoms with Crippen molar-refractivity contribution in [3.8, 4) is 11.5 Å². The number of ether oxygens (including phenoxy) is 2. The molecule has 6 nitrogen and oxygen atoms in total. The van der Waals surface area contributed by atoms with Crippen LogP contribution in [-0.4, -0.2) is 63.0 Å². The van der Waals surface area contributed by atoms with Crippen LogP contribution in [-0.2, 0) is 6.54 Å². The lowest BCUT2D eigenvalue weighted by Crippen LogP contribution is -2.44. The summed E-state index contributed by atoms with van der Waals surface area (Å²) in [5, 5.41) is 6.46. The second-order valence-corrected chi connectivity index (χ2v) is 7.92. The molecule has 1 aromatic carbocycles. The number of halogens is 4. The van der Waals surface area contributed by atoms with Gasteiger partial charge in [0.25, 0.3) is 0 Å². The van der Waals surface area contributed by atoms with E-state index in [1.165, 1.54) is 17.7 Å². The molecule has 10 heteroatoms. The number of guanidine groups is 1. The van der Waals surface area contributed by atoms with E-state index in [1.54, 1.807) is 14.2 Å². The van der Waals surface area contributed by atoms with E-state index in [-0.39, 0.29) is 36.1 Å². The molecular weight excluding hydrogens is 524 g/mol. The highest BCUT2D eigenvalue weighted by atomic mass is 127. The first-order valence-corrected chi connectivity index (χ1v) is 10.5. The number of nitrogens with one attached hydrogen (secondary N) is 2. The molecule has 31 heavy (non-hydrogen) atoms. The van der Waals surface area contributed by atoms with Gasteiger partial charge in [0.05, 0.1) is 19.8 Å². The molecule has 0 spiro atoms. The monoisotopic (exact) mass is 556 g/mol. The molecule has 1 aromatic rings. The minimum atomic E-state index is -4.17. The Kier molecular flexibility index (Phi) is 9.98. The van der Waals surface area contributed by atoms with Gasteiger partial charge in [0.15, 0.2) is 17.5 Å². The molecule has 0 radical (unpaired) electrons. The Morgan fingerprint density at radius 1 is 1.19 bits per heavy atom. The maximum absolute atomic E-state index is 12.6. The number of methoxy groups -OCH3 is 1. The van der Waals surface area contributed by atoms with Crippen LogP contribution in [0.15, 0.2) is 23.2 Å². The Labute approximate surface area is 199 Å². The minimum Gasteiger partial charge on any atom is -0.493 e. The smallest absolute Gasteiger partial charge is 0.401 e. The third kappa shape index (κ3) is 8.21. The molecule has 1 aliphatic heterocycles. The van der Waals surface area contributed by atoms with Gasteiger partial charge in [0, 0.05) is 32.7 Å². The molecule has 1 saturated carbocycles. The fourth-order valence-electron chi connectivity index (χ4n) is 4.03. The van der Waals surface area contributed by atoms with Gasteiger partial charge in [-0.3, -0.25) is 9.89 Å². The van der Waals surface area contributed by atoms with Crippen molar-refractivity contribution in [1.82, 2.24) is 15.5 Å². The van der Waals surface area contributed by atoms with Crippen molar-refractivity contribution in [2.24, 2.45) is 4.99 Å². The van der Waals surface area contributed by atoms with Gasteiger partial charge in [0.2, 0.25) is 0 Å². The van der Waals surface area contributed by atoms with Gasteiger partial charge >= 0.3 is 6.18 Å². The molecule has 2 fully saturated rings. The van der Waals surface area contributed by atoms with Gasteiger partial charge in [-0.2, -0.15) is 13.2 Å². The van der Waals surface area contributed by atoms with Gasteiger partial charge in [-0.25, -0.2) is 0 Å². The third-order valence-corrected chi connectivity index (χ3v) is 5.52. The summed E-state index contributed by atoms with van der Waals surface area (Å²) in [6.45, 7) is 0.424. The number of benzene rings is 1. The van der Waals surface area contributed by atoms with Gasteiger partial charge < -0.3 is 20.1 Å². The standard InChI is InChI=1S/C21H31F3N4O2.HI/c1-25-20(27-16-9-10-28(13-16)14-21(22,23)24)26-12-15-7-8-18(29-2)19(11-15)30-17-5-3-4-6-17;/h7-8,11,16-17H,3-6,9-10,12-14H2,1-2H3,(H2,25,26,27);1H. The summed E-state index contributed by atoms with van der Waals surface area (Å²) in [4.78, 5) is 5.62. The van der Waals surface area contributed by atoms with E-state index in [0.29, 0.717) is 37.8 Å². The van der Waals surface area contributed by atoms with Crippen LogP contribution in [0.5, 0.6) is 11.5 Å². The lowest BCUT2D eigenvalue weighted by Gasteiger charge is -2.20. The van der Waals surface area contributed by atoms with Crippen LogP contribution in [0.1, 0.15) is 37.7 Å². The fraction of sp³-hybridized carbons (Fsp3) is 0.667. The number of nitrogens with zero attached hydrogens (tertiary/aromatic N) is 2. The van der Waals surface area contributed by atoms with Crippen molar-refractivity contribution in [2.75, 3.05) is 33.8 Å². The summed E-state index contributed by atoms with van der Waals surface area (Å²) in [5.74, 6) is 2.03. The first kappa shape index (κ1) is 25.8. The van der Waals surface area contributed by atoms with E-state index < -0.39 is 12.7 Å². The first-order chi connectivity index (χ1) is 14.4. The molecule has 0 amide bonds. The van der Waals surface area contributed by atoms with Gasteiger partial charge in [0.1, 0.15) is 0 Å². The normalized spacial score (nSPS) is 20.4. The predicted octanol–water partition coefficient (Wildman–Crippen LogP) is 3.94. The fourth-order valence-corrected chi connectivity index (χ4v) is 4.03. The zero-order valence-electron chi connectivity index (χ0n) is 18.0. The topological polar surface area (TPSA) is 58.1 Å². The molecular formula is C21H32F3IN4O2. The first-order valence-electron chi connectivity index (χ1n) is 10.5. The van der Waals surface area contributed by atoms with Gasteiger partial charge in [-0.05, 0) is 49.8 Å². The van der Waals surface area contributed by atoms with E-state index >= 15 is 0 Å². The van der Waals surface area contributed by atoms with Crippen molar-refractivity contribution >= 4 is 29.9 Å². The van der Waals surface area contributed by atoms with E-state index in [1.807, 2.05) is 18.2 Å². The molecule has 2 N–H and O–H groups in total. The average molecular weight is 556 g/mol. The summed E-state index contributed by atoms with van der Waals surface area (Å²) in [7, 11) is 3.28. The molecule has 1 heterocycles. The highest BCUT2D eigenvalue weighted by molar-refractivity contribution is 14.0. The van der Waals surface area contributed by atoms with Crippen molar-refractivity contribution in [2.45, 2.75) is 57.0 Å². The Hall–Kier alpha value is -1.43. The van der Waals surface area contributed by atoms with Crippen molar-refractivity contribution in [3.05, 3.63) is 23.8 Å². The Balaban J connectivity index is 0.00000341. The molecule has 1 unspecified atom stereocenters. The van der Waals surface area contributed by atoms with E-state index in [2.05, 4.69) is 15.6 Å².